The van der Waals surface area contributed by atoms with E-state index in [4.69, 9.17) is 10.00 Å². The third kappa shape index (κ3) is 6.00. The van der Waals surface area contributed by atoms with Gasteiger partial charge >= 0.3 is 0 Å². The third-order valence-corrected chi connectivity index (χ3v) is 6.07. The summed E-state index contributed by atoms with van der Waals surface area (Å²) in [6, 6.07) is 15.4. The van der Waals surface area contributed by atoms with Crippen molar-refractivity contribution in [2.75, 3.05) is 32.8 Å². The van der Waals surface area contributed by atoms with Gasteiger partial charge in [0.15, 0.2) is 0 Å². The van der Waals surface area contributed by atoms with E-state index in [9.17, 15) is 4.79 Å². The number of hydrogen-bond acceptors (Lipinski definition) is 4. The van der Waals surface area contributed by atoms with E-state index in [2.05, 4.69) is 11.0 Å². The van der Waals surface area contributed by atoms with Crippen molar-refractivity contribution in [2.45, 2.75) is 38.6 Å². The van der Waals surface area contributed by atoms with Crippen LogP contribution in [0, 0.1) is 11.3 Å². The Kier molecular flexibility index (Phi) is 8.34. The zero-order chi connectivity index (χ0) is 20.8. The van der Waals surface area contributed by atoms with Crippen molar-refractivity contribution in [1.29, 1.82) is 5.26 Å². The number of likely N-dealkylation sites (tertiary alicyclic amines) is 1. The average Bonchev–Trinajstić information content (AvgIpc) is 2.81. The molecule has 31 heavy (non-hydrogen) atoms. The van der Waals surface area contributed by atoms with E-state index in [1.54, 1.807) is 0 Å². The highest BCUT2D eigenvalue weighted by Crippen LogP contribution is 2.22. The Hall–Kier alpha value is -2.55. The summed E-state index contributed by atoms with van der Waals surface area (Å²) < 4.78 is 5.87. The Morgan fingerprint density at radius 3 is 2.52 bits per heavy atom. The fourth-order valence-electron chi connectivity index (χ4n) is 4.34. The average molecular weight is 440 g/mol. The van der Waals surface area contributed by atoms with Crippen molar-refractivity contribution in [3.05, 3.63) is 64.7 Å². The second kappa shape index (κ2) is 11.2. The van der Waals surface area contributed by atoms with Crippen LogP contribution in [0.25, 0.3) is 0 Å². The minimum Gasteiger partial charge on any atom is -0.494 e. The van der Waals surface area contributed by atoms with Gasteiger partial charge in [-0.15, -0.1) is 12.4 Å². The molecule has 2 aliphatic heterocycles. The molecule has 0 unspecified atom stereocenters. The van der Waals surface area contributed by atoms with Crippen molar-refractivity contribution in [3.63, 3.8) is 0 Å². The first-order chi connectivity index (χ1) is 14.7. The van der Waals surface area contributed by atoms with Crippen LogP contribution in [-0.4, -0.2) is 48.5 Å². The summed E-state index contributed by atoms with van der Waals surface area (Å²) in [6.07, 6.45) is 5.85. The molecule has 0 radical (unpaired) electrons. The zero-order valence-corrected chi connectivity index (χ0v) is 18.7. The smallest absolute Gasteiger partial charge is 0.254 e. The van der Waals surface area contributed by atoms with Crippen LogP contribution in [0.3, 0.4) is 0 Å². The number of piperidine rings is 1. The van der Waals surface area contributed by atoms with Gasteiger partial charge in [0.1, 0.15) is 5.75 Å². The number of hydrogen-bond donors (Lipinski definition) is 0. The maximum atomic E-state index is 12.9. The van der Waals surface area contributed by atoms with Crippen LogP contribution < -0.4 is 4.74 Å². The molecule has 0 bridgehead atoms. The maximum Gasteiger partial charge on any atom is 0.254 e. The van der Waals surface area contributed by atoms with Gasteiger partial charge in [-0.2, -0.15) is 5.26 Å². The first-order valence-electron chi connectivity index (χ1n) is 11.0. The molecule has 0 aliphatic carbocycles. The summed E-state index contributed by atoms with van der Waals surface area (Å²) in [5.74, 6) is 0.840. The number of nitriles is 1. The lowest BCUT2D eigenvalue weighted by atomic mass is 9.97. The van der Waals surface area contributed by atoms with Gasteiger partial charge in [0.25, 0.3) is 5.91 Å². The summed E-state index contributed by atoms with van der Waals surface area (Å²) in [4.78, 5) is 17.3. The second-order valence-electron chi connectivity index (χ2n) is 8.20. The molecule has 0 saturated carbocycles. The molecule has 0 spiro atoms. The number of amides is 1. The number of halogens is 1. The van der Waals surface area contributed by atoms with E-state index in [0.717, 1.165) is 30.7 Å². The quantitative estimate of drug-likeness (QED) is 0.624. The molecule has 164 valence electrons. The minimum atomic E-state index is 0. The lowest BCUT2D eigenvalue weighted by molar-refractivity contribution is 0.0734. The maximum absolute atomic E-state index is 12.9. The number of rotatable bonds is 6. The topological polar surface area (TPSA) is 56.6 Å². The van der Waals surface area contributed by atoms with E-state index in [1.165, 1.54) is 37.9 Å². The van der Waals surface area contributed by atoms with Crippen LogP contribution in [0.15, 0.2) is 42.5 Å². The summed E-state index contributed by atoms with van der Waals surface area (Å²) in [5, 5.41) is 9.12. The van der Waals surface area contributed by atoms with Crippen molar-refractivity contribution in [3.8, 4) is 11.8 Å². The highest BCUT2D eigenvalue weighted by molar-refractivity contribution is 5.94. The molecule has 1 saturated heterocycles. The van der Waals surface area contributed by atoms with Gasteiger partial charge in [-0.1, -0.05) is 12.5 Å². The van der Waals surface area contributed by atoms with E-state index in [1.807, 2.05) is 47.4 Å². The van der Waals surface area contributed by atoms with Crippen molar-refractivity contribution < 1.29 is 9.53 Å². The lowest BCUT2D eigenvalue weighted by Crippen LogP contribution is -2.36. The Morgan fingerprint density at radius 2 is 1.77 bits per heavy atom. The largest absolute Gasteiger partial charge is 0.494 e. The predicted octanol–water partition coefficient (Wildman–Crippen LogP) is 4.43. The lowest BCUT2D eigenvalue weighted by Gasteiger charge is -2.29. The van der Waals surface area contributed by atoms with Crippen molar-refractivity contribution in [1.82, 2.24) is 9.80 Å². The Morgan fingerprint density at radius 1 is 1.00 bits per heavy atom. The van der Waals surface area contributed by atoms with Crippen LogP contribution in [0.5, 0.6) is 5.75 Å². The van der Waals surface area contributed by atoms with E-state index >= 15 is 0 Å². The van der Waals surface area contributed by atoms with Gasteiger partial charge in [-0.05, 0) is 86.3 Å². The van der Waals surface area contributed by atoms with Crippen LogP contribution in [0.2, 0.25) is 0 Å². The summed E-state index contributed by atoms with van der Waals surface area (Å²) in [7, 11) is 0. The molecule has 2 aliphatic rings. The van der Waals surface area contributed by atoms with E-state index < -0.39 is 0 Å². The molecule has 0 atom stereocenters. The van der Waals surface area contributed by atoms with Gasteiger partial charge in [0.05, 0.1) is 18.2 Å². The normalized spacial score (nSPS) is 16.0. The van der Waals surface area contributed by atoms with Gasteiger partial charge in [0, 0.05) is 25.2 Å². The molecular weight excluding hydrogens is 410 g/mol. The monoisotopic (exact) mass is 439 g/mol. The number of carbonyl (C=O) groups excluding carboxylic acids is 1. The number of carbonyl (C=O) groups is 1. The van der Waals surface area contributed by atoms with E-state index in [-0.39, 0.29) is 18.3 Å². The molecular formula is C25H30ClN3O2. The molecule has 0 aromatic heterocycles. The molecule has 2 aromatic rings. The fourth-order valence-corrected chi connectivity index (χ4v) is 4.34. The number of ether oxygens (including phenoxy) is 1. The summed E-state index contributed by atoms with van der Waals surface area (Å²) in [6.45, 7) is 5.49. The molecule has 2 aromatic carbocycles. The van der Waals surface area contributed by atoms with Crippen LogP contribution in [0.4, 0.5) is 0 Å². The first kappa shape index (κ1) is 23.1. The van der Waals surface area contributed by atoms with Gasteiger partial charge in [-0.3, -0.25) is 4.79 Å². The fraction of sp³-hybridized carbons (Fsp3) is 0.440. The van der Waals surface area contributed by atoms with E-state index in [0.29, 0.717) is 30.8 Å². The second-order valence-corrected chi connectivity index (χ2v) is 8.20. The first-order valence-corrected chi connectivity index (χ1v) is 11.0. The SMILES string of the molecule is Cl.N#Cc1ccc2c(c1)CN(C(=O)c1ccc(OCCCN3CCCCC3)cc1)CC2. The third-order valence-electron chi connectivity index (χ3n) is 6.07. The highest BCUT2D eigenvalue weighted by atomic mass is 35.5. The standard InChI is InChI=1S/C25H29N3O2.ClH/c26-18-20-5-6-21-11-15-28(19-23(21)17-20)25(29)22-7-9-24(10-8-22)30-16-4-14-27-12-2-1-3-13-27;/h5-10,17H,1-4,11-16,19H2;1H. The zero-order valence-electron chi connectivity index (χ0n) is 17.9. The Balaban J connectivity index is 0.00000272. The molecule has 0 N–H and O–H groups in total. The summed E-state index contributed by atoms with van der Waals surface area (Å²) in [5.41, 5.74) is 3.62. The Labute approximate surface area is 191 Å². The molecule has 1 amide bonds. The molecule has 1 fully saturated rings. The summed E-state index contributed by atoms with van der Waals surface area (Å²) >= 11 is 0. The Bertz CT molecular complexity index is 917. The molecule has 5 nitrogen and oxygen atoms in total. The van der Waals surface area contributed by atoms with Crippen molar-refractivity contribution in [2.24, 2.45) is 0 Å². The van der Waals surface area contributed by atoms with Gasteiger partial charge in [-0.25, -0.2) is 0 Å². The van der Waals surface area contributed by atoms with Crippen LogP contribution in [0.1, 0.15) is 52.7 Å². The predicted molar refractivity (Wildman–Crippen MR) is 124 cm³/mol. The number of benzene rings is 2. The minimum absolute atomic E-state index is 0. The van der Waals surface area contributed by atoms with Gasteiger partial charge < -0.3 is 14.5 Å². The number of nitrogens with zero attached hydrogens (tertiary/aromatic N) is 3. The molecule has 2 heterocycles. The van der Waals surface area contributed by atoms with Gasteiger partial charge in [0.2, 0.25) is 0 Å². The van der Waals surface area contributed by atoms with Crippen LogP contribution >= 0.6 is 12.4 Å². The van der Waals surface area contributed by atoms with Crippen molar-refractivity contribution >= 4 is 18.3 Å². The molecule has 6 heteroatoms. The highest BCUT2D eigenvalue weighted by Gasteiger charge is 2.22. The number of fused-ring (bicyclic) bond motifs is 1. The molecule has 4 rings (SSSR count). The van der Waals surface area contributed by atoms with Crippen LogP contribution in [-0.2, 0) is 13.0 Å².